The van der Waals surface area contributed by atoms with Gasteiger partial charge in [0.15, 0.2) is 0 Å². The molecular formula is C17H20ClF3N2O. The molecule has 0 radical (unpaired) electrons. The van der Waals surface area contributed by atoms with Crippen molar-refractivity contribution in [1.82, 2.24) is 10.2 Å². The van der Waals surface area contributed by atoms with Crippen LogP contribution in [-0.4, -0.2) is 42.4 Å². The molecule has 0 amide bonds. The maximum absolute atomic E-state index is 13.0. The molecule has 1 aliphatic heterocycles. The topological polar surface area (TPSA) is 35.5 Å². The molecule has 24 heavy (non-hydrogen) atoms. The van der Waals surface area contributed by atoms with E-state index < -0.39 is 18.6 Å². The second kappa shape index (κ2) is 7.59. The Morgan fingerprint density at radius 1 is 1.04 bits per heavy atom. The Morgan fingerprint density at radius 3 is 2.33 bits per heavy atom. The molecule has 2 aromatic carbocycles. The summed E-state index contributed by atoms with van der Waals surface area (Å²) in [5.74, 6) is 0.152. The van der Waals surface area contributed by atoms with E-state index in [2.05, 4.69) is 5.32 Å². The third kappa shape index (κ3) is 4.53. The molecule has 7 heteroatoms. The van der Waals surface area contributed by atoms with E-state index in [0.29, 0.717) is 31.7 Å². The van der Waals surface area contributed by atoms with Crippen LogP contribution in [0.5, 0.6) is 5.75 Å². The Balaban J connectivity index is 0.00000208. The van der Waals surface area contributed by atoms with Gasteiger partial charge in [0.25, 0.3) is 0 Å². The Labute approximate surface area is 144 Å². The zero-order valence-electron chi connectivity index (χ0n) is 13.0. The predicted octanol–water partition coefficient (Wildman–Crippen LogP) is 3.87. The van der Waals surface area contributed by atoms with Crippen LogP contribution in [0.2, 0.25) is 0 Å². The van der Waals surface area contributed by atoms with Gasteiger partial charge in [-0.1, -0.05) is 18.2 Å². The van der Waals surface area contributed by atoms with Gasteiger partial charge in [-0.2, -0.15) is 13.2 Å². The number of halogens is 4. The number of fused-ring (bicyclic) bond motifs is 1. The van der Waals surface area contributed by atoms with E-state index in [-0.39, 0.29) is 18.2 Å². The minimum Gasteiger partial charge on any atom is -0.508 e. The number of piperazine rings is 1. The lowest BCUT2D eigenvalue weighted by Crippen LogP contribution is -2.46. The van der Waals surface area contributed by atoms with Crippen LogP contribution in [0.3, 0.4) is 0 Å². The van der Waals surface area contributed by atoms with Gasteiger partial charge in [0.05, 0.1) is 6.42 Å². The quantitative estimate of drug-likeness (QED) is 0.872. The third-order valence-electron chi connectivity index (χ3n) is 4.25. The van der Waals surface area contributed by atoms with Gasteiger partial charge in [-0.05, 0) is 34.5 Å². The number of rotatable bonds is 3. The predicted molar refractivity (Wildman–Crippen MR) is 90.7 cm³/mol. The molecule has 0 unspecified atom stereocenters. The molecule has 1 saturated heterocycles. The lowest BCUT2D eigenvalue weighted by atomic mass is 9.97. The van der Waals surface area contributed by atoms with Gasteiger partial charge in [0.1, 0.15) is 5.75 Å². The molecule has 132 valence electrons. The van der Waals surface area contributed by atoms with E-state index in [1.54, 1.807) is 36.4 Å². The van der Waals surface area contributed by atoms with Crippen molar-refractivity contribution in [2.45, 2.75) is 18.6 Å². The summed E-state index contributed by atoms with van der Waals surface area (Å²) in [6, 6.07) is 9.54. The van der Waals surface area contributed by atoms with Gasteiger partial charge < -0.3 is 10.4 Å². The molecule has 3 rings (SSSR count). The van der Waals surface area contributed by atoms with Gasteiger partial charge in [-0.15, -0.1) is 12.4 Å². The summed E-state index contributed by atoms with van der Waals surface area (Å²) in [5, 5.41) is 14.3. The molecule has 1 atom stereocenters. The second-order valence-corrected chi connectivity index (χ2v) is 5.91. The largest absolute Gasteiger partial charge is 0.508 e. The molecule has 1 heterocycles. The van der Waals surface area contributed by atoms with Crippen LogP contribution in [0.25, 0.3) is 10.8 Å². The molecule has 0 bridgehead atoms. The summed E-state index contributed by atoms with van der Waals surface area (Å²) >= 11 is 0. The van der Waals surface area contributed by atoms with E-state index in [1.165, 1.54) is 0 Å². The van der Waals surface area contributed by atoms with E-state index >= 15 is 0 Å². The summed E-state index contributed by atoms with van der Waals surface area (Å²) in [4.78, 5) is 1.89. The first-order chi connectivity index (χ1) is 10.9. The number of aromatic hydroxyl groups is 1. The van der Waals surface area contributed by atoms with Crippen LogP contribution < -0.4 is 5.32 Å². The number of phenolic OH excluding ortho intramolecular Hbond substituents is 1. The zero-order chi connectivity index (χ0) is 16.4. The number of alkyl halides is 3. The number of phenols is 1. The van der Waals surface area contributed by atoms with Crippen molar-refractivity contribution in [2.75, 3.05) is 26.2 Å². The molecule has 0 spiro atoms. The van der Waals surface area contributed by atoms with Crippen molar-refractivity contribution in [3.63, 3.8) is 0 Å². The van der Waals surface area contributed by atoms with E-state index in [1.807, 2.05) is 4.90 Å². The fourth-order valence-electron chi connectivity index (χ4n) is 3.13. The van der Waals surface area contributed by atoms with Crippen LogP contribution in [-0.2, 0) is 0 Å². The van der Waals surface area contributed by atoms with Crippen molar-refractivity contribution in [3.05, 3.63) is 42.0 Å². The van der Waals surface area contributed by atoms with Crippen LogP contribution in [0.1, 0.15) is 18.0 Å². The van der Waals surface area contributed by atoms with E-state index in [4.69, 9.17) is 0 Å². The normalized spacial score (nSPS) is 17.5. The molecule has 2 aromatic rings. The monoisotopic (exact) mass is 360 g/mol. The third-order valence-corrected chi connectivity index (χ3v) is 4.25. The fourth-order valence-corrected chi connectivity index (χ4v) is 3.13. The Kier molecular flexibility index (Phi) is 5.96. The van der Waals surface area contributed by atoms with Crippen LogP contribution in [0, 0.1) is 0 Å². The SMILES string of the molecule is Cl.Oc1ccc2cc([C@H](CC(F)(F)F)N3CCNCC3)ccc2c1. The average molecular weight is 361 g/mol. The number of benzene rings is 2. The Bertz CT molecular complexity index is 687. The van der Waals surface area contributed by atoms with Gasteiger partial charge in [0.2, 0.25) is 0 Å². The average Bonchev–Trinajstić information content (AvgIpc) is 2.52. The van der Waals surface area contributed by atoms with Crippen molar-refractivity contribution in [3.8, 4) is 5.75 Å². The Hall–Kier alpha value is -1.50. The highest BCUT2D eigenvalue weighted by atomic mass is 35.5. The molecule has 1 aliphatic rings. The van der Waals surface area contributed by atoms with Gasteiger partial charge >= 0.3 is 6.18 Å². The summed E-state index contributed by atoms with van der Waals surface area (Å²) in [5.41, 5.74) is 0.669. The number of hydrogen-bond donors (Lipinski definition) is 2. The summed E-state index contributed by atoms with van der Waals surface area (Å²) in [7, 11) is 0. The lowest BCUT2D eigenvalue weighted by Gasteiger charge is -2.35. The molecule has 0 aliphatic carbocycles. The Morgan fingerprint density at radius 2 is 1.67 bits per heavy atom. The van der Waals surface area contributed by atoms with Crippen LogP contribution >= 0.6 is 12.4 Å². The standard InChI is InChI=1S/C17H19F3N2O.ClH/c18-17(19,20)11-16(22-7-5-21-6-8-22)14-2-1-13-10-15(23)4-3-12(13)9-14;/h1-4,9-10,16,21,23H,5-8,11H2;1H/t16-;/m0./s1. The number of nitrogens with zero attached hydrogens (tertiary/aromatic N) is 1. The van der Waals surface area contributed by atoms with Crippen LogP contribution in [0.4, 0.5) is 13.2 Å². The molecule has 3 nitrogen and oxygen atoms in total. The second-order valence-electron chi connectivity index (χ2n) is 5.91. The van der Waals surface area contributed by atoms with Gasteiger partial charge in [0, 0.05) is 32.2 Å². The highest BCUT2D eigenvalue weighted by molar-refractivity contribution is 5.85. The molecule has 1 fully saturated rings. The first-order valence-electron chi connectivity index (χ1n) is 7.66. The maximum Gasteiger partial charge on any atom is 0.390 e. The van der Waals surface area contributed by atoms with Gasteiger partial charge in [-0.3, -0.25) is 4.90 Å². The van der Waals surface area contributed by atoms with E-state index in [9.17, 15) is 18.3 Å². The smallest absolute Gasteiger partial charge is 0.390 e. The fraction of sp³-hybridized carbons (Fsp3) is 0.412. The lowest BCUT2D eigenvalue weighted by molar-refractivity contribution is -0.148. The van der Waals surface area contributed by atoms with Crippen molar-refractivity contribution in [1.29, 1.82) is 0 Å². The molecular weight excluding hydrogens is 341 g/mol. The zero-order valence-corrected chi connectivity index (χ0v) is 13.8. The number of hydrogen-bond acceptors (Lipinski definition) is 3. The first-order valence-corrected chi connectivity index (χ1v) is 7.66. The van der Waals surface area contributed by atoms with Crippen LogP contribution in [0.15, 0.2) is 36.4 Å². The minimum atomic E-state index is -4.21. The van der Waals surface area contributed by atoms with Crippen molar-refractivity contribution in [2.24, 2.45) is 0 Å². The summed E-state index contributed by atoms with van der Waals surface area (Å²) in [6.07, 6.45) is -5.06. The first kappa shape index (κ1) is 18.8. The van der Waals surface area contributed by atoms with Crippen molar-refractivity contribution >= 4 is 23.2 Å². The van der Waals surface area contributed by atoms with Gasteiger partial charge in [-0.25, -0.2) is 0 Å². The highest BCUT2D eigenvalue weighted by Gasteiger charge is 2.35. The van der Waals surface area contributed by atoms with Crippen molar-refractivity contribution < 1.29 is 18.3 Å². The molecule has 0 aromatic heterocycles. The minimum absolute atomic E-state index is 0. The summed E-state index contributed by atoms with van der Waals surface area (Å²) < 4.78 is 39.1. The molecule has 0 saturated carbocycles. The summed E-state index contributed by atoms with van der Waals surface area (Å²) in [6.45, 7) is 2.62. The molecule has 2 N–H and O–H groups in total. The maximum atomic E-state index is 13.0. The highest BCUT2D eigenvalue weighted by Crippen LogP contribution is 2.35. The van der Waals surface area contributed by atoms with E-state index in [0.717, 1.165) is 10.8 Å². The number of nitrogens with one attached hydrogen (secondary N) is 1.